The number of esters is 1. The lowest BCUT2D eigenvalue weighted by molar-refractivity contribution is -0.137. The molecule has 1 atom stereocenters. The monoisotopic (exact) mass is 186 g/mol. The quantitative estimate of drug-likeness (QED) is 0.467. The topological polar surface area (TPSA) is 61.8 Å². The lowest BCUT2D eigenvalue weighted by atomic mass is 10.1. The van der Waals surface area contributed by atoms with E-state index in [-0.39, 0.29) is 12.2 Å². The molecule has 0 aliphatic carbocycles. The molecule has 5 heteroatoms. The van der Waals surface area contributed by atoms with Gasteiger partial charge in [-0.05, 0) is 0 Å². The standard InChI is InChI=1S/C8H10O5/c1-5(7(9)11-2)6-3-4-12-8(10)13-6/h6H,1,3-4H2,2H3. The van der Waals surface area contributed by atoms with E-state index in [1.54, 1.807) is 0 Å². The van der Waals surface area contributed by atoms with Crippen molar-refractivity contribution in [1.29, 1.82) is 0 Å². The minimum Gasteiger partial charge on any atom is -0.466 e. The largest absolute Gasteiger partial charge is 0.508 e. The molecule has 0 aromatic carbocycles. The van der Waals surface area contributed by atoms with E-state index in [1.165, 1.54) is 7.11 Å². The van der Waals surface area contributed by atoms with Crippen LogP contribution in [0.25, 0.3) is 0 Å². The van der Waals surface area contributed by atoms with Crippen molar-refractivity contribution in [2.24, 2.45) is 0 Å². The van der Waals surface area contributed by atoms with Crippen LogP contribution < -0.4 is 0 Å². The van der Waals surface area contributed by atoms with E-state index in [2.05, 4.69) is 16.1 Å². The van der Waals surface area contributed by atoms with E-state index < -0.39 is 18.2 Å². The van der Waals surface area contributed by atoms with Gasteiger partial charge in [0.05, 0.1) is 19.3 Å². The summed E-state index contributed by atoms with van der Waals surface area (Å²) in [5, 5.41) is 0. The third kappa shape index (κ3) is 2.21. The molecule has 0 bridgehead atoms. The van der Waals surface area contributed by atoms with Gasteiger partial charge in [0.2, 0.25) is 0 Å². The first-order chi connectivity index (χ1) is 6.15. The van der Waals surface area contributed by atoms with E-state index in [0.717, 1.165) is 0 Å². The summed E-state index contributed by atoms with van der Waals surface area (Å²) in [6.45, 7) is 3.71. The van der Waals surface area contributed by atoms with Crippen LogP contribution in [0.15, 0.2) is 12.2 Å². The molecule has 0 N–H and O–H groups in total. The Balaban J connectivity index is 2.56. The molecule has 13 heavy (non-hydrogen) atoms. The molecule has 1 saturated heterocycles. The van der Waals surface area contributed by atoms with Crippen molar-refractivity contribution >= 4 is 12.1 Å². The fraction of sp³-hybridized carbons (Fsp3) is 0.500. The number of ether oxygens (including phenoxy) is 3. The Morgan fingerprint density at radius 3 is 2.92 bits per heavy atom. The maximum atomic E-state index is 11.0. The van der Waals surface area contributed by atoms with Crippen LogP contribution in [0.4, 0.5) is 4.79 Å². The summed E-state index contributed by atoms with van der Waals surface area (Å²) in [7, 11) is 1.24. The molecule has 72 valence electrons. The van der Waals surface area contributed by atoms with E-state index in [1.807, 2.05) is 0 Å². The molecule has 0 aromatic rings. The minimum atomic E-state index is -0.777. The van der Waals surface area contributed by atoms with Gasteiger partial charge in [-0.25, -0.2) is 9.59 Å². The lowest BCUT2D eigenvalue weighted by Gasteiger charge is -2.22. The fourth-order valence-corrected chi connectivity index (χ4v) is 0.966. The van der Waals surface area contributed by atoms with Crippen molar-refractivity contribution in [2.75, 3.05) is 13.7 Å². The zero-order valence-electron chi connectivity index (χ0n) is 7.24. The molecular formula is C8H10O5. The maximum absolute atomic E-state index is 11.0. The Hall–Kier alpha value is -1.52. The maximum Gasteiger partial charge on any atom is 0.508 e. The van der Waals surface area contributed by atoms with Crippen molar-refractivity contribution < 1.29 is 23.8 Å². The van der Waals surface area contributed by atoms with Gasteiger partial charge in [-0.1, -0.05) is 6.58 Å². The van der Waals surface area contributed by atoms with Crippen LogP contribution in [0.3, 0.4) is 0 Å². The number of carbonyl (C=O) groups is 2. The molecule has 0 amide bonds. The highest BCUT2D eigenvalue weighted by atomic mass is 16.7. The van der Waals surface area contributed by atoms with Gasteiger partial charge in [-0.3, -0.25) is 0 Å². The predicted octanol–water partition coefficient (Wildman–Crippen LogP) is 0.641. The van der Waals surface area contributed by atoms with Crippen LogP contribution in [0.5, 0.6) is 0 Å². The molecular weight excluding hydrogens is 176 g/mol. The van der Waals surface area contributed by atoms with Crippen molar-refractivity contribution in [2.45, 2.75) is 12.5 Å². The molecule has 1 aliphatic rings. The summed E-state index contributed by atoms with van der Waals surface area (Å²) in [6.07, 6.45) is -0.963. The summed E-state index contributed by atoms with van der Waals surface area (Å²) in [6, 6.07) is 0. The predicted molar refractivity (Wildman–Crippen MR) is 42.0 cm³/mol. The van der Waals surface area contributed by atoms with Gasteiger partial charge >= 0.3 is 12.1 Å². The first kappa shape index (κ1) is 9.57. The van der Waals surface area contributed by atoms with Gasteiger partial charge in [0.1, 0.15) is 6.10 Å². The Labute approximate surface area is 75.3 Å². The van der Waals surface area contributed by atoms with Crippen LogP contribution in [0.2, 0.25) is 0 Å². The molecule has 1 rings (SSSR count). The fourth-order valence-electron chi connectivity index (χ4n) is 0.966. The molecule has 0 saturated carbocycles. The number of hydrogen-bond donors (Lipinski definition) is 0. The summed E-state index contributed by atoms with van der Waals surface area (Å²) >= 11 is 0. The highest BCUT2D eigenvalue weighted by Gasteiger charge is 2.28. The lowest BCUT2D eigenvalue weighted by Crippen LogP contribution is -2.31. The highest BCUT2D eigenvalue weighted by Crippen LogP contribution is 2.16. The van der Waals surface area contributed by atoms with E-state index in [0.29, 0.717) is 6.42 Å². The third-order valence-corrected chi connectivity index (χ3v) is 1.67. The van der Waals surface area contributed by atoms with Crippen molar-refractivity contribution in [3.63, 3.8) is 0 Å². The molecule has 1 heterocycles. The molecule has 0 aromatic heterocycles. The first-order valence-electron chi connectivity index (χ1n) is 3.75. The van der Waals surface area contributed by atoms with E-state index >= 15 is 0 Å². The summed E-state index contributed by atoms with van der Waals surface area (Å²) in [5.41, 5.74) is 0.138. The van der Waals surface area contributed by atoms with Crippen LogP contribution in [-0.2, 0) is 19.0 Å². The Kier molecular flexibility index (Phi) is 2.89. The smallest absolute Gasteiger partial charge is 0.466 e. The van der Waals surface area contributed by atoms with Crippen LogP contribution in [0.1, 0.15) is 6.42 Å². The molecule has 1 fully saturated rings. The van der Waals surface area contributed by atoms with Crippen LogP contribution >= 0.6 is 0 Å². The highest BCUT2D eigenvalue weighted by molar-refractivity contribution is 5.89. The Morgan fingerprint density at radius 1 is 1.69 bits per heavy atom. The zero-order chi connectivity index (χ0) is 9.84. The number of carbonyl (C=O) groups excluding carboxylic acids is 2. The van der Waals surface area contributed by atoms with Crippen LogP contribution in [0, 0.1) is 0 Å². The van der Waals surface area contributed by atoms with E-state index in [9.17, 15) is 9.59 Å². The van der Waals surface area contributed by atoms with Gasteiger partial charge in [0, 0.05) is 6.42 Å². The molecule has 1 unspecified atom stereocenters. The molecule has 0 radical (unpaired) electrons. The van der Waals surface area contributed by atoms with E-state index in [4.69, 9.17) is 4.74 Å². The van der Waals surface area contributed by atoms with Crippen molar-refractivity contribution in [3.8, 4) is 0 Å². The van der Waals surface area contributed by atoms with Gasteiger partial charge in [0.15, 0.2) is 0 Å². The average molecular weight is 186 g/mol. The summed E-state index contributed by atoms with van der Waals surface area (Å²) in [5.74, 6) is -0.570. The van der Waals surface area contributed by atoms with Crippen molar-refractivity contribution in [1.82, 2.24) is 0 Å². The summed E-state index contributed by atoms with van der Waals surface area (Å²) < 4.78 is 13.7. The first-order valence-corrected chi connectivity index (χ1v) is 3.75. The molecule has 0 spiro atoms. The second-order valence-corrected chi connectivity index (χ2v) is 2.51. The van der Waals surface area contributed by atoms with Gasteiger partial charge in [-0.15, -0.1) is 0 Å². The van der Waals surface area contributed by atoms with Crippen molar-refractivity contribution in [3.05, 3.63) is 12.2 Å². The SMILES string of the molecule is C=C(C(=O)OC)C1CCOC(=O)O1. The third-order valence-electron chi connectivity index (χ3n) is 1.67. The van der Waals surface area contributed by atoms with Gasteiger partial charge < -0.3 is 14.2 Å². The second kappa shape index (κ2) is 3.93. The zero-order valence-corrected chi connectivity index (χ0v) is 7.24. The molecule has 5 nitrogen and oxygen atoms in total. The Morgan fingerprint density at radius 2 is 2.38 bits per heavy atom. The number of methoxy groups -OCH3 is 1. The normalized spacial score (nSPS) is 21.3. The number of hydrogen-bond acceptors (Lipinski definition) is 5. The van der Waals surface area contributed by atoms with Gasteiger partial charge in [0.25, 0.3) is 0 Å². The van der Waals surface area contributed by atoms with Crippen LogP contribution in [-0.4, -0.2) is 31.9 Å². The Bertz CT molecular complexity index is 245. The summed E-state index contributed by atoms with van der Waals surface area (Å²) in [4.78, 5) is 21.6. The number of rotatable bonds is 2. The average Bonchev–Trinajstić information content (AvgIpc) is 2.15. The molecule has 1 aliphatic heterocycles. The second-order valence-electron chi connectivity index (χ2n) is 2.51. The van der Waals surface area contributed by atoms with Gasteiger partial charge in [-0.2, -0.15) is 0 Å². The minimum absolute atomic E-state index is 0.138. The number of cyclic esters (lactones) is 2.